The van der Waals surface area contributed by atoms with E-state index in [4.69, 9.17) is 14.2 Å². The zero-order valence-corrected chi connectivity index (χ0v) is 38.6. The first kappa shape index (κ1) is 44.1. The van der Waals surface area contributed by atoms with Crippen molar-refractivity contribution >= 4 is 85.4 Å². The molecule has 0 radical (unpaired) electrons. The van der Waals surface area contributed by atoms with E-state index in [2.05, 4.69) is 56.9 Å². The number of anilines is 6. The van der Waals surface area contributed by atoms with Crippen LogP contribution in [0.4, 0.5) is 39.2 Å². The third-order valence-corrected chi connectivity index (χ3v) is 11.4. The monoisotopic (exact) mass is 912 g/mol. The van der Waals surface area contributed by atoms with Crippen molar-refractivity contribution in [2.45, 2.75) is 78.2 Å². The topological polar surface area (TPSA) is 238 Å². The van der Waals surface area contributed by atoms with E-state index in [9.17, 15) is 14.4 Å². The second-order valence-electron chi connectivity index (χ2n) is 17.4. The largest absolute Gasteiger partial charge is 0.495 e. The number of hydrogen-bond acceptors (Lipinski definition) is 15. The van der Waals surface area contributed by atoms with Crippen LogP contribution >= 0.6 is 0 Å². The van der Waals surface area contributed by atoms with Gasteiger partial charge in [0.1, 0.15) is 17.1 Å². The number of aromatic nitrogens is 10. The van der Waals surface area contributed by atoms with Crippen molar-refractivity contribution in [3.05, 3.63) is 72.6 Å². The minimum absolute atomic E-state index is 0.0481. The number of amides is 3. The Morgan fingerprint density at radius 3 is 1.72 bits per heavy atom. The number of hydrogen-bond donors (Lipinski definition) is 5. The highest BCUT2D eigenvalue weighted by molar-refractivity contribution is 5.97. The van der Waals surface area contributed by atoms with Gasteiger partial charge in [0.25, 0.3) is 11.8 Å². The minimum Gasteiger partial charge on any atom is -0.495 e. The van der Waals surface area contributed by atoms with Crippen LogP contribution in [0.1, 0.15) is 68.4 Å². The molecule has 0 aliphatic carbocycles. The highest BCUT2D eigenvalue weighted by atomic mass is 16.6. The number of carbonyl (C=O) groups excluding carboxylic acids is 3. The molecule has 2 aliphatic rings. The lowest BCUT2D eigenvalue weighted by Gasteiger charge is -2.25. The summed E-state index contributed by atoms with van der Waals surface area (Å²) >= 11 is 0. The summed E-state index contributed by atoms with van der Waals surface area (Å²) in [5.41, 5.74) is 5.31. The molecular formula is C45H52N16O6. The Morgan fingerprint density at radius 2 is 1.22 bits per heavy atom. The summed E-state index contributed by atoms with van der Waals surface area (Å²) in [4.78, 5) is 49.2. The summed E-state index contributed by atoms with van der Waals surface area (Å²) < 4.78 is 23.6. The molecule has 22 heteroatoms. The smallest absolute Gasteiger partial charge is 0.414 e. The SMILES string of the molecule is CNc1cc2nn3c(cnc13)C(=O)NC(C)CCn1ncc3cc(OC)c(cc31)N2.COc1cc2cnn3c2cc1Nc1cc(N(C)C(=O)OC(C)(C)C)c2ncc(n2n1)C(=O)NC(C)CC3. The van der Waals surface area contributed by atoms with Crippen molar-refractivity contribution in [2.24, 2.45) is 0 Å². The van der Waals surface area contributed by atoms with Gasteiger partial charge < -0.3 is 40.8 Å². The summed E-state index contributed by atoms with van der Waals surface area (Å²) in [6, 6.07) is 11.2. The van der Waals surface area contributed by atoms with E-state index in [1.807, 2.05) is 59.7 Å². The van der Waals surface area contributed by atoms with E-state index < -0.39 is 11.7 Å². The van der Waals surface area contributed by atoms with Gasteiger partial charge in [-0.1, -0.05) is 0 Å². The molecule has 6 aromatic heterocycles. The molecule has 0 saturated carbocycles. The van der Waals surface area contributed by atoms with E-state index in [0.29, 0.717) is 71.0 Å². The molecule has 22 nitrogen and oxygen atoms in total. The van der Waals surface area contributed by atoms with E-state index in [1.165, 1.54) is 15.6 Å². The van der Waals surface area contributed by atoms with E-state index >= 15 is 0 Å². The summed E-state index contributed by atoms with van der Waals surface area (Å²) in [5.74, 6) is 1.65. The number of methoxy groups -OCH3 is 2. The van der Waals surface area contributed by atoms with Crippen LogP contribution < -0.4 is 41.0 Å². The van der Waals surface area contributed by atoms with Crippen LogP contribution in [0.25, 0.3) is 33.1 Å². The highest BCUT2D eigenvalue weighted by Crippen LogP contribution is 2.36. The zero-order chi connectivity index (χ0) is 47.3. The average Bonchev–Trinajstić information content (AvgIpc) is 4.10. The average molecular weight is 913 g/mol. The van der Waals surface area contributed by atoms with Gasteiger partial charge in [-0.05, 0) is 71.7 Å². The van der Waals surface area contributed by atoms with Gasteiger partial charge in [0.15, 0.2) is 34.3 Å². The molecule has 0 spiro atoms. The van der Waals surface area contributed by atoms with Gasteiger partial charge >= 0.3 is 6.09 Å². The quantitative estimate of drug-likeness (QED) is 0.134. The number of carbonyl (C=O) groups is 3. The Hall–Kier alpha value is -8.17. The van der Waals surface area contributed by atoms with Crippen LogP contribution in [0.3, 0.4) is 0 Å². The van der Waals surface area contributed by atoms with Crippen molar-refractivity contribution < 1.29 is 28.6 Å². The molecular weight excluding hydrogens is 861 g/mol. The normalized spacial score (nSPS) is 16.2. The van der Waals surface area contributed by atoms with E-state index in [0.717, 1.165) is 39.6 Å². The van der Waals surface area contributed by atoms with Crippen molar-refractivity contribution in [1.29, 1.82) is 0 Å². The van der Waals surface area contributed by atoms with Crippen LogP contribution in [0.2, 0.25) is 0 Å². The summed E-state index contributed by atoms with van der Waals surface area (Å²) in [6.45, 7) is 10.6. The number of imidazole rings is 2. The van der Waals surface area contributed by atoms with Crippen molar-refractivity contribution in [3.63, 3.8) is 0 Å². The predicted molar refractivity (Wildman–Crippen MR) is 252 cm³/mol. The standard InChI is InChI=1S/C25H30N8O4.C20H22N8O2/c1-14-7-8-32-17-10-16(20(36-6)9-15(17)12-27-32)29-21-11-18(31(5)24(35)37-25(2,3)4)22-26-13-19(23(34)28-14)33(22)30-21;1-11-4-5-27-15-7-13(17(30-3)6-12(15)9-23-27)25-18-8-14(21-2)19-22-10-16(20(29)24-11)28(19)26-18/h9-14H,7-8H2,1-6H3,(H,28,34)(H,29,30);6-11,21H,4-5H2,1-3H3,(H,24,29)(H,25,26). The number of nitrogens with one attached hydrogen (secondary N) is 5. The third-order valence-electron chi connectivity index (χ3n) is 11.4. The van der Waals surface area contributed by atoms with Gasteiger partial charge in [0.05, 0.1) is 72.8 Å². The number of benzene rings is 2. The molecule has 2 unspecified atom stereocenters. The molecule has 8 bridgehead atoms. The first-order chi connectivity index (χ1) is 32.1. The molecule has 2 atom stereocenters. The molecule has 0 saturated heterocycles. The van der Waals surface area contributed by atoms with Gasteiger partial charge in [-0.3, -0.25) is 23.9 Å². The zero-order valence-electron chi connectivity index (χ0n) is 38.6. The summed E-state index contributed by atoms with van der Waals surface area (Å²) in [5, 5.41) is 36.0. The molecule has 8 aromatic rings. The van der Waals surface area contributed by atoms with Crippen molar-refractivity contribution in [1.82, 2.24) is 59.4 Å². The van der Waals surface area contributed by atoms with Crippen LogP contribution in [-0.4, -0.2) is 113 Å². The molecule has 2 aromatic carbocycles. The number of nitrogens with zero attached hydrogens (tertiary/aromatic N) is 11. The summed E-state index contributed by atoms with van der Waals surface area (Å²) in [7, 11) is 6.62. The maximum atomic E-state index is 13.2. The van der Waals surface area contributed by atoms with E-state index in [1.54, 1.807) is 72.1 Å². The van der Waals surface area contributed by atoms with Crippen LogP contribution in [-0.2, 0) is 17.8 Å². The molecule has 2 aliphatic heterocycles. The Morgan fingerprint density at radius 1 is 0.731 bits per heavy atom. The lowest BCUT2D eigenvalue weighted by atomic mass is 10.2. The van der Waals surface area contributed by atoms with E-state index in [-0.39, 0.29) is 29.6 Å². The van der Waals surface area contributed by atoms with Crippen molar-refractivity contribution in [3.8, 4) is 11.5 Å². The van der Waals surface area contributed by atoms with Gasteiger partial charge in [0.2, 0.25) is 0 Å². The molecule has 8 heterocycles. The fourth-order valence-corrected chi connectivity index (χ4v) is 7.96. The lowest BCUT2D eigenvalue weighted by Crippen LogP contribution is -2.35. The molecule has 67 heavy (non-hydrogen) atoms. The fraction of sp³-hybridized carbons (Fsp3) is 0.356. The molecule has 10 rings (SSSR count). The molecule has 348 valence electrons. The van der Waals surface area contributed by atoms with Gasteiger partial charge in [-0.2, -0.15) is 10.2 Å². The maximum Gasteiger partial charge on any atom is 0.414 e. The first-order valence-electron chi connectivity index (χ1n) is 21.8. The first-order valence-corrected chi connectivity index (χ1v) is 21.8. The second-order valence-corrected chi connectivity index (χ2v) is 17.4. The third kappa shape index (κ3) is 8.59. The Bertz CT molecular complexity index is 3220. The van der Waals surface area contributed by atoms with Gasteiger partial charge in [-0.15, -0.1) is 10.2 Å². The lowest BCUT2D eigenvalue weighted by molar-refractivity contribution is 0.0589. The highest BCUT2D eigenvalue weighted by Gasteiger charge is 2.27. The van der Waals surface area contributed by atoms with Crippen LogP contribution in [0.5, 0.6) is 11.5 Å². The number of aryl methyl sites for hydroxylation is 2. The maximum absolute atomic E-state index is 13.2. The fourth-order valence-electron chi connectivity index (χ4n) is 7.96. The van der Waals surface area contributed by atoms with Crippen molar-refractivity contribution in [2.75, 3.05) is 49.2 Å². The molecule has 0 fully saturated rings. The second kappa shape index (κ2) is 17.3. The van der Waals surface area contributed by atoms with Gasteiger partial charge in [-0.25, -0.2) is 23.8 Å². The predicted octanol–water partition coefficient (Wildman–Crippen LogP) is 6.12. The minimum atomic E-state index is -0.689. The number of ether oxygens (including phenoxy) is 3. The van der Waals surface area contributed by atoms with Crippen LogP contribution in [0.15, 0.2) is 61.2 Å². The molecule has 5 N–H and O–H groups in total. The molecule has 3 amide bonds. The van der Waals surface area contributed by atoms with Gasteiger partial charge in [0, 0.05) is 62.2 Å². The number of rotatable bonds is 4. The van der Waals surface area contributed by atoms with Crippen LogP contribution in [0, 0.1) is 0 Å². The Labute approximate surface area is 383 Å². The number of fused-ring (bicyclic) bond motifs is 4. The Kier molecular flexibility index (Phi) is 11.4. The summed E-state index contributed by atoms with van der Waals surface area (Å²) in [6.07, 6.45) is 7.44. The Balaban J connectivity index is 0.000000171.